The fourth-order valence-electron chi connectivity index (χ4n) is 12.1. The zero-order valence-corrected chi connectivity index (χ0v) is 65.0. The molecule has 17 nitrogen and oxygen atoms in total. The van der Waals surface area contributed by atoms with Crippen LogP contribution in [0.1, 0.15) is 413 Å². The standard InChI is InChI=1S/C78H152O17P2/c1-6-9-12-15-18-21-23-25-27-28-29-30-31-32-33-34-36-38-43-48-53-58-63-77(82)95-74(68-89-76(81)62-57-52-47-42-37-35-26-24-22-19-16-13-10-7-2)70-93-97(86,87)91-66-72(79)65-90-96(84,85)92-69-73(67-88-75(80)61-56-51-46-20-17-14-11-8-3)94-78(83)64-59-54-49-44-40-39-41-45-50-55-60-71(4)5/h71-74,79H,6-70H2,1-5H3,(H,84,85)(H,86,87)/t72-,73+,74+/m0/s1. The molecule has 2 unspecified atom stereocenters. The van der Waals surface area contributed by atoms with Gasteiger partial charge in [-0.05, 0) is 31.6 Å². The number of phosphoric acid groups is 2. The molecule has 0 amide bonds. The Labute approximate surface area is 594 Å². The Bertz CT molecular complexity index is 1860. The lowest BCUT2D eigenvalue weighted by atomic mass is 10.0. The van der Waals surface area contributed by atoms with E-state index in [0.717, 1.165) is 102 Å². The fraction of sp³-hybridized carbons (Fsp3) is 0.949. The minimum Gasteiger partial charge on any atom is -0.462 e. The van der Waals surface area contributed by atoms with Crippen molar-refractivity contribution >= 4 is 39.5 Å². The summed E-state index contributed by atoms with van der Waals surface area (Å²) in [5.41, 5.74) is 0. The van der Waals surface area contributed by atoms with Crippen LogP contribution in [0.4, 0.5) is 0 Å². The average Bonchev–Trinajstić information content (AvgIpc) is 1.40. The zero-order valence-electron chi connectivity index (χ0n) is 63.2. The Hall–Kier alpha value is -1.94. The zero-order chi connectivity index (χ0) is 71.2. The van der Waals surface area contributed by atoms with Gasteiger partial charge in [-0.1, -0.05) is 362 Å². The van der Waals surface area contributed by atoms with E-state index in [0.29, 0.717) is 25.7 Å². The van der Waals surface area contributed by atoms with Crippen molar-refractivity contribution in [2.45, 2.75) is 432 Å². The lowest BCUT2D eigenvalue weighted by Gasteiger charge is -2.21. The summed E-state index contributed by atoms with van der Waals surface area (Å²) in [6, 6.07) is 0. The molecule has 97 heavy (non-hydrogen) atoms. The van der Waals surface area contributed by atoms with Crippen molar-refractivity contribution in [2.75, 3.05) is 39.6 Å². The van der Waals surface area contributed by atoms with Crippen molar-refractivity contribution < 1.29 is 80.2 Å². The van der Waals surface area contributed by atoms with Crippen LogP contribution in [0, 0.1) is 5.92 Å². The van der Waals surface area contributed by atoms with E-state index in [4.69, 9.17) is 37.0 Å². The molecular formula is C78H152O17P2. The predicted octanol–water partition coefficient (Wildman–Crippen LogP) is 23.3. The molecule has 0 aliphatic heterocycles. The highest BCUT2D eigenvalue weighted by Crippen LogP contribution is 2.45. The van der Waals surface area contributed by atoms with Crippen LogP contribution < -0.4 is 0 Å². The number of esters is 4. The number of carbonyl (C=O) groups excluding carboxylic acids is 4. The molecule has 0 aromatic rings. The Balaban J connectivity index is 5.17. The smallest absolute Gasteiger partial charge is 0.462 e. The van der Waals surface area contributed by atoms with Gasteiger partial charge < -0.3 is 33.8 Å². The monoisotopic (exact) mass is 1420 g/mol. The van der Waals surface area contributed by atoms with Crippen LogP contribution in [0.2, 0.25) is 0 Å². The number of phosphoric ester groups is 2. The first-order valence-electron chi connectivity index (χ1n) is 40.6. The summed E-state index contributed by atoms with van der Waals surface area (Å²) in [6.07, 6.45) is 61.2. The molecule has 0 aromatic carbocycles. The molecule has 0 saturated heterocycles. The fourth-order valence-corrected chi connectivity index (χ4v) is 13.6. The molecule has 576 valence electrons. The number of hydrogen-bond acceptors (Lipinski definition) is 15. The molecule has 0 bridgehead atoms. The second kappa shape index (κ2) is 71.1. The van der Waals surface area contributed by atoms with Crippen LogP contribution in [0.5, 0.6) is 0 Å². The van der Waals surface area contributed by atoms with Gasteiger partial charge in [0.2, 0.25) is 0 Å². The molecule has 0 aliphatic carbocycles. The topological polar surface area (TPSA) is 237 Å². The molecule has 19 heteroatoms. The van der Waals surface area contributed by atoms with E-state index in [9.17, 15) is 43.2 Å². The molecule has 0 heterocycles. The normalized spacial score (nSPS) is 13.9. The molecule has 0 radical (unpaired) electrons. The number of hydrogen-bond donors (Lipinski definition) is 3. The SMILES string of the molecule is CCCCCCCCCCCCCCCCCCCCCCCCC(=O)O[C@H](COC(=O)CCCCCCCCCCCCCCCC)COP(=O)(O)OC[C@@H](O)COP(=O)(O)OC[C@@H](COC(=O)CCCCCCCCCC)OC(=O)CCCCCCCCCCCCC(C)C. The maximum absolute atomic E-state index is 13.1. The third-order valence-corrected chi connectivity index (χ3v) is 20.2. The van der Waals surface area contributed by atoms with Crippen molar-refractivity contribution in [3.05, 3.63) is 0 Å². The van der Waals surface area contributed by atoms with Crippen molar-refractivity contribution in [2.24, 2.45) is 5.92 Å². The molecule has 0 aromatic heterocycles. The third kappa shape index (κ3) is 72.2. The van der Waals surface area contributed by atoms with Gasteiger partial charge in [0.1, 0.15) is 19.3 Å². The molecule has 5 atom stereocenters. The minimum atomic E-state index is -4.96. The van der Waals surface area contributed by atoms with E-state index < -0.39 is 97.5 Å². The number of carbonyl (C=O) groups is 4. The van der Waals surface area contributed by atoms with Gasteiger partial charge in [-0.15, -0.1) is 0 Å². The molecule has 0 aliphatic rings. The highest BCUT2D eigenvalue weighted by molar-refractivity contribution is 7.47. The van der Waals surface area contributed by atoms with Gasteiger partial charge in [0.05, 0.1) is 26.4 Å². The molecule has 0 fully saturated rings. The summed E-state index contributed by atoms with van der Waals surface area (Å²) in [5, 5.41) is 10.6. The maximum atomic E-state index is 13.1. The first kappa shape index (κ1) is 95.1. The summed E-state index contributed by atoms with van der Waals surface area (Å²) in [6.45, 7) is 7.26. The largest absolute Gasteiger partial charge is 0.472 e. The van der Waals surface area contributed by atoms with Gasteiger partial charge in [-0.25, -0.2) is 9.13 Å². The number of ether oxygens (including phenoxy) is 4. The summed E-state index contributed by atoms with van der Waals surface area (Å²) in [7, 11) is -9.91. The molecular weight excluding hydrogens is 1270 g/mol. The number of aliphatic hydroxyl groups is 1. The second-order valence-corrected chi connectivity index (χ2v) is 31.5. The summed E-state index contributed by atoms with van der Waals surface area (Å²) in [5.74, 6) is -1.36. The van der Waals surface area contributed by atoms with Gasteiger partial charge in [0, 0.05) is 25.7 Å². The first-order chi connectivity index (χ1) is 47.0. The van der Waals surface area contributed by atoms with Crippen molar-refractivity contribution in [1.82, 2.24) is 0 Å². The van der Waals surface area contributed by atoms with Crippen LogP contribution in [0.15, 0.2) is 0 Å². The number of unbranched alkanes of at least 4 members (excludes halogenated alkanes) is 50. The summed E-state index contributed by atoms with van der Waals surface area (Å²) < 4.78 is 68.5. The third-order valence-electron chi connectivity index (χ3n) is 18.3. The van der Waals surface area contributed by atoms with E-state index in [1.807, 2.05) is 0 Å². The van der Waals surface area contributed by atoms with Crippen LogP contribution in [-0.2, 0) is 65.4 Å². The van der Waals surface area contributed by atoms with Crippen LogP contribution in [0.3, 0.4) is 0 Å². The second-order valence-electron chi connectivity index (χ2n) is 28.6. The Morgan fingerprint density at radius 1 is 0.278 bits per heavy atom. The van der Waals surface area contributed by atoms with E-state index in [-0.39, 0.29) is 25.7 Å². The van der Waals surface area contributed by atoms with Crippen LogP contribution in [-0.4, -0.2) is 96.7 Å². The predicted molar refractivity (Wildman–Crippen MR) is 395 cm³/mol. The van der Waals surface area contributed by atoms with Crippen molar-refractivity contribution in [3.63, 3.8) is 0 Å². The first-order valence-corrected chi connectivity index (χ1v) is 43.6. The summed E-state index contributed by atoms with van der Waals surface area (Å²) >= 11 is 0. The lowest BCUT2D eigenvalue weighted by molar-refractivity contribution is -0.161. The lowest BCUT2D eigenvalue weighted by Crippen LogP contribution is -2.30. The van der Waals surface area contributed by atoms with E-state index >= 15 is 0 Å². The Morgan fingerprint density at radius 2 is 0.474 bits per heavy atom. The van der Waals surface area contributed by atoms with Gasteiger partial charge in [-0.3, -0.25) is 37.3 Å². The number of aliphatic hydroxyl groups excluding tert-OH is 1. The summed E-state index contributed by atoms with van der Waals surface area (Å²) in [4.78, 5) is 72.8. The van der Waals surface area contributed by atoms with Crippen LogP contribution >= 0.6 is 15.6 Å². The van der Waals surface area contributed by atoms with E-state index in [2.05, 4.69) is 34.6 Å². The van der Waals surface area contributed by atoms with Crippen molar-refractivity contribution in [1.29, 1.82) is 0 Å². The van der Waals surface area contributed by atoms with E-state index in [1.54, 1.807) is 0 Å². The van der Waals surface area contributed by atoms with Gasteiger partial charge in [0.25, 0.3) is 0 Å². The van der Waals surface area contributed by atoms with Gasteiger partial charge in [0.15, 0.2) is 12.2 Å². The highest BCUT2D eigenvalue weighted by atomic mass is 31.2. The molecule has 3 N–H and O–H groups in total. The number of rotatable bonds is 78. The molecule has 0 saturated carbocycles. The Morgan fingerprint density at radius 3 is 0.701 bits per heavy atom. The minimum absolute atomic E-state index is 0.106. The van der Waals surface area contributed by atoms with Gasteiger partial charge >= 0.3 is 39.5 Å². The average molecular weight is 1420 g/mol. The molecule has 0 rings (SSSR count). The Kier molecular flexibility index (Phi) is 69.6. The van der Waals surface area contributed by atoms with Crippen molar-refractivity contribution in [3.8, 4) is 0 Å². The maximum Gasteiger partial charge on any atom is 0.472 e. The van der Waals surface area contributed by atoms with Gasteiger partial charge in [-0.2, -0.15) is 0 Å². The quantitative estimate of drug-likeness (QED) is 0.0222. The van der Waals surface area contributed by atoms with E-state index in [1.165, 1.54) is 231 Å². The highest BCUT2D eigenvalue weighted by Gasteiger charge is 2.30. The van der Waals surface area contributed by atoms with Crippen LogP contribution in [0.25, 0.3) is 0 Å². The molecule has 0 spiro atoms.